The zero-order valence-electron chi connectivity index (χ0n) is 12.2. The number of carbonyl (C=O) groups is 2. The first-order valence-corrected chi connectivity index (χ1v) is 6.89. The maximum atomic E-state index is 12.2. The van der Waals surface area contributed by atoms with Crippen LogP contribution in [0.3, 0.4) is 0 Å². The molecular formula is C13H20N4O4. The van der Waals surface area contributed by atoms with E-state index in [-0.39, 0.29) is 11.9 Å². The van der Waals surface area contributed by atoms with Gasteiger partial charge in [0.05, 0.1) is 6.61 Å². The summed E-state index contributed by atoms with van der Waals surface area (Å²) < 4.78 is 9.78. The molecule has 1 aromatic heterocycles. The van der Waals surface area contributed by atoms with Gasteiger partial charge in [-0.3, -0.25) is 4.79 Å². The third kappa shape index (κ3) is 3.94. The highest BCUT2D eigenvalue weighted by atomic mass is 16.5. The summed E-state index contributed by atoms with van der Waals surface area (Å²) in [4.78, 5) is 25.8. The van der Waals surface area contributed by atoms with E-state index in [9.17, 15) is 9.59 Å². The molecule has 1 aliphatic rings. The number of hydrogen-bond donors (Lipinski definition) is 2. The molecule has 0 saturated carbocycles. The molecule has 0 radical (unpaired) electrons. The van der Waals surface area contributed by atoms with Crippen LogP contribution in [0.25, 0.3) is 0 Å². The maximum absolute atomic E-state index is 12.2. The van der Waals surface area contributed by atoms with Crippen molar-refractivity contribution < 1.29 is 18.8 Å². The maximum Gasteiger partial charge on any atom is 0.318 e. The van der Waals surface area contributed by atoms with Crippen molar-refractivity contribution in [2.24, 2.45) is 0 Å². The van der Waals surface area contributed by atoms with Crippen molar-refractivity contribution in [2.45, 2.75) is 25.8 Å². The quantitative estimate of drug-likeness (QED) is 0.781. The van der Waals surface area contributed by atoms with Crippen molar-refractivity contribution in [1.82, 2.24) is 15.4 Å². The van der Waals surface area contributed by atoms with Crippen molar-refractivity contribution >= 4 is 17.8 Å². The van der Waals surface area contributed by atoms with Crippen LogP contribution in [0.1, 0.15) is 18.6 Å². The summed E-state index contributed by atoms with van der Waals surface area (Å²) in [7, 11) is 1.57. The fraction of sp³-hybridized carbons (Fsp3) is 0.615. The summed E-state index contributed by atoms with van der Waals surface area (Å²) in [5.74, 6) is 0.734. The molecule has 0 bridgehead atoms. The van der Waals surface area contributed by atoms with Gasteiger partial charge in [0.2, 0.25) is 5.91 Å². The zero-order chi connectivity index (χ0) is 15.2. The molecule has 1 saturated heterocycles. The molecule has 3 amide bonds. The highest BCUT2D eigenvalue weighted by molar-refractivity contribution is 5.96. The Morgan fingerprint density at radius 3 is 3.05 bits per heavy atom. The molecule has 0 aromatic carbocycles. The highest BCUT2D eigenvalue weighted by Gasteiger charge is 2.34. The molecule has 116 valence electrons. The first-order valence-electron chi connectivity index (χ1n) is 6.89. The lowest BCUT2D eigenvalue weighted by atomic mass is 10.2. The Morgan fingerprint density at radius 1 is 1.57 bits per heavy atom. The van der Waals surface area contributed by atoms with E-state index in [0.29, 0.717) is 37.7 Å². The Morgan fingerprint density at radius 2 is 2.38 bits per heavy atom. The number of urea groups is 1. The SMILES string of the molecule is COCCNC(=O)N1CCC[C@H]1C(=O)Nc1cc(C)on1. The van der Waals surface area contributed by atoms with Gasteiger partial charge in [0.25, 0.3) is 0 Å². The van der Waals surface area contributed by atoms with Gasteiger partial charge in [-0.25, -0.2) is 4.79 Å². The van der Waals surface area contributed by atoms with Crippen molar-refractivity contribution in [3.8, 4) is 0 Å². The third-order valence-corrected chi connectivity index (χ3v) is 3.28. The van der Waals surface area contributed by atoms with Crippen LogP contribution in [0.5, 0.6) is 0 Å². The minimum absolute atomic E-state index is 0.248. The van der Waals surface area contributed by atoms with Crippen molar-refractivity contribution in [2.75, 3.05) is 32.1 Å². The smallest absolute Gasteiger partial charge is 0.318 e. The minimum atomic E-state index is -0.482. The van der Waals surface area contributed by atoms with Gasteiger partial charge in [0.1, 0.15) is 11.8 Å². The summed E-state index contributed by atoms with van der Waals surface area (Å²) in [6, 6.07) is 0.904. The van der Waals surface area contributed by atoms with Crippen LogP contribution in [0.4, 0.5) is 10.6 Å². The largest absolute Gasteiger partial charge is 0.383 e. The summed E-state index contributed by atoms with van der Waals surface area (Å²) in [6.07, 6.45) is 1.44. The second-order valence-electron chi connectivity index (χ2n) is 4.89. The van der Waals surface area contributed by atoms with E-state index in [0.717, 1.165) is 6.42 Å². The molecule has 8 heteroatoms. The number of aromatic nitrogens is 1. The molecule has 2 rings (SSSR count). The molecule has 0 aliphatic carbocycles. The summed E-state index contributed by atoms with van der Waals surface area (Å²) in [5, 5.41) is 9.11. The first-order chi connectivity index (χ1) is 10.1. The van der Waals surface area contributed by atoms with Crippen LogP contribution in [-0.2, 0) is 9.53 Å². The van der Waals surface area contributed by atoms with Gasteiger partial charge in [0.15, 0.2) is 5.82 Å². The van der Waals surface area contributed by atoms with E-state index < -0.39 is 6.04 Å². The van der Waals surface area contributed by atoms with Gasteiger partial charge in [0, 0.05) is 26.3 Å². The van der Waals surface area contributed by atoms with Crippen LogP contribution in [0.2, 0.25) is 0 Å². The predicted octanol–water partition coefficient (Wildman–Crippen LogP) is 0.742. The molecule has 21 heavy (non-hydrogen) atoms. The number of amides is 3. The van der Waals surface area contributed by atoms with E-state index >= 15 is 0 Å². The van der Waals surface area contributed by atoms with E-state index in [1.807, 2.05) is 0 Å². The van der Waals surface area contributed by atoms with Crippen molar-refractivity contribution in [1.29, 1.82) is 0 Å². The molecule has 0 unspecified atom stereocenters. The van der Waals surface area contributed by atoms with Crippen LogP contribution in [-0.4, -0.2) is 54.8 Å². The molecule has 1 aromatic rings. The van der Waals surface area contributed by atoms with Gasteiger partial charge < -0.3 is 24.8 Å². The van der Waals surface area contributed by atoms with Crippen LogP contribution >= 0.6 is 0 Å². The standard InChI is InChI=1S/C13H20N4O4/c1-9-8-11(16-21-9)15-12(18)10-4-3-6-17(10)13(19)14-5-7-20-2/h8,10H,3-7H2,1-2H3,(H,14,19)(H,15,16,18)/t10-/m0/s1. The molecule has 1 atom stereocenters. The number of likely N-dealkylation sites (tertiary alicyclic amines) is 1. The monoisotopic (exact) mass is 296 g/mol. The van der Waals surface area contributed by atoms with Gasteiger partial charge in [-0.05, 0) is 19.8 Å². The number of anilines is 1. The Kier molecular flexibility index (Phi) is 5.15. The Bertz CT molecular complexity index is 502. The molecule has 0 spiro atoms. The first kappa shape index (κ1) is 15.3. The lowest BCUT2D eigenvalue weighted by Gasteiger charge is -2.23. The second-order valence-corrected chi connectivity index (χ2v) is 4.89. The van der Waals surface area contributed by atoms with E-state index in [1.54, 1.807) is 20.1 Å². The molecule has 2 N–H and O–H groups in total. The molecule has 8 nitrogen and oxygen atoms in total. The van der Waals surface area contributed by atoms with Crippen molar-refractivity contribution in [3.05, 3.63) is 11.8 Å². The summed E-state index contributed by atoms with van der Waals surface area (Å²) in [5.41, 5.74) is 0. The average molecular weight is 296 g/mol. The van der Waals surface area contributed by atoms with E-state index in [2.05, 4.69) is 15.8 Å². The minimum Gasteiger partial charge on any atom is -0.383 e. The van der Waals surface area contributed by atoms with Gasteiger partial charge in [-0.15, -0.1) is 0 Å². The predicted molar refractivity (Wildman–Crippen MR) is 74.9 cm³/mol. The number of nitrogens with one attached hydrogen (secondary N) is 2. The molecule has 1 aliphatic heterocycles. The normalized spacial score (nSPS) is 17.8. The van der Waals surface area contributed by atoms with Crippen molar-refractivity contribution in [3.63, 3.8) is 0 Å². The van der Waals surface area contributed by atoms with Gasteiger partial charge in [-0.2, -0.15) is 0 Å². The Labute approximate surface area is 122 Å². The number of ether oxygens (including phenoxy) is 1. The Balaban J connectivity index is 1.91. The lowest BCUT2D eigenvalue weighted by Crippen LogP contribution is -2.48. The van der Waals surface area contributed by atoms with Crippen LogP contribution in [0, 0.1) is 6.92 Å². The third-order valence-electron chi connectivity index (χ3n) is 3.28. The van der Waals surface area contributed by atoms with E-state index in [4.69, 9.17) is 9.26 Å². The number of carbonyl (C=O) groups excluding carboxylic acids is 2. The van der Waals surface area contributed by atoms with Gasteiger partial charge in [-0.1, -0.05) is 5.16 Å². The second kappa shape index (κ2) is 7.07. The van der Waals surface area contributed by atoms with Crippen LogP contribution in [0.15, 0.2) is 10.6 Å². The number of hydrogen-bond acceptors (Lipinski definition) is 5. The molecular weight excluding hydrogens is 276 g/mol. The fourth-order valence-corrected chi connectivity index (χ4v) is 2.28. The number of rotatable bonds is 5. The molecule has 2 heterocycles. The summed E-state index contributed by atoms with van der Waals surface area (Å²) in [6.45, 7) is 3.17. The fourth-order valence-electron chi connectivity index (χ4n) is 2.28. The zero-order valence-corrected chi connectivity index (χ0v) is 12.2. The lowest BCUT2D eigenvalue weighted by molar-refractivity contribution is -0.119. The average Bonchev–Trinajstić information content (AvgIpc) is 3.08. The summed E-state index contributed by atoms with van der Waals surface area (Å²) >= 11 is 0. The van der Waals surface area contributed by atoms with Crippen LogP contribution < -0.4 is 10.6 Å². The number of aryl methyl sites for hydroxylation is 1. The number of nitrogens with zero attached hydrogens (tertiary/aromatic N) is 2. The molecule has 1 fully saturated rings. The number of methoxy groups -OCH3 is 1. The van der Waals surface area contributed by atoms with Gasteiger partial charge >= 0.3 is 6.03 Å². The van der Waals surface area contributed by atoms with E-state index in [1.165, 1.54) is 4.90 Å². The highest BCUT2D eigenvalue weighted by Crippen LogP contribution is 2.19. The Hall–Kier alpha value is -2.09. The topological polar surface area (TPSA) is 96.7 Å².